The fourth-order valence-corrected chi connectivity index (χ4v) is 2.49. The summed E-state index contributed by atoms with van der Waals surface area (Å²) < 4.78 is 5.37. The molecule has 0 atom stereocenters. The molecule has 0 fully saturated rings. The van der Waals surface area contributed by atoms with E-state index in [1.807, 2.05) is 13.0 Å². The molecule has 100 valence electrons. The first-order valence-electron chi connectivity index (χ1n) is 6.28. The van der Waals surface area contributed by atoms with Crippen LogP contribution in [0.2, 0.25) is 0 Å². The largest absolute Gasteiger partial charge is 0.384 e. The van der Waals surface area contributed by atoms with Crippen molar-refractivity contribution in [2.45, 2.75) is 20.4 Å². The minimum atomic E-state index is -0.0807. The van der Waals surface area contributed by atoms with Crippen molar-refractivity contribution in [2.75, 3.05) is 32.9 Å². The molecule has 0 aliphatic heterocycles. The first kappa shape index (κ1) is 15.2. The van der Waals surface area contributed by atoms with Crippen molar-refractivity contribution in [2.24, 2.45) is 0 Å². The third kappa shape index (κ3) is 5.65. The predicted octanol–water partition coefficient (Wildman–Crippen LogP) is 1.95. The second-order valence-electron chi connectivity index (χ2n) is 3.79. The van der Waals surface area contributed by atoms with E-state index in [1.165, 1.54) is 4.88 Å². The summed E-state index contributed by atoms with van der Waals surface area (Å²) in [6.45, 7) is 8.57. The Balaban J connectivity index is 2.46. The quantitative estimate of drug-likeness (QED) is 0.605. The molecule has 18 heavy (non-hydrogen) atoms. The van der Waals surface area contributed by atoms with Crippen LogP contribution in [0, 0.1) is 11.8 Å². The zero-order valence-corrected chi connectivity index (χ0v) is 11.9. The zero-order chi connectivity index (χ0) is 13.2. The topological polar surface area (TPSA) is 32.7 Å². The highest BCUT2D eigenvalue weighted by molar-refractivity contribution is 7.12. The summed E-state index contributed by atoms with van der Waals surface area (Å²) in [5, 5.41) is 8.65. The molecule has 0 radical (unpaired) electrons. The molecule has 1 rings (SSSR count). The molecule has 4 heteroatoms. The average molecular weight is 267 g/mol. The summed E-state index contributed by atoms with van der Waals surface area (Å²) in [6.07, 6.45) is 0. The molecule has 1 heterocycles. The first-order chi connectivity index (χ1) is 8.80. The Bertz CT molecular complexity index is 392. The predicted molar refractivity (Wildman–Crippen MR) is 75.7 cm³/mol. The van der Waals surface area contributed by atoms with Crippen molar-refractivity contribution in [3.8, 4) is 11.8 Å². The van der Waals surface area contributed by atoms with Crippen LogP contribution in [0.1, 0.15) is 23.6 Å². The number of hydrogen-bond donors (Lipinski definition) is 1. The van der Waals surface area contributed by atoms with E-state index in [0.717, 1.165) is 37.7 Å². The van der Waals surface area contributed by atoms with E-state index in [9.17, 15) is 0 Å². The van der Waals surface area contributed by atoms with Gasteiger partial charge in [0, 0.05) is 24.6 Å². The van der Waals surface area contributed by atoms with Gasteiger partial charge < -0.3 is 9.84 Å². The van der Waals surface area contributed by atoms with Gasteiger partial charge in [-0.2, -0.15) is 0 Å². The normalized spacial score (nSPS) is 10.4. The Morgan fingerprint density at radius 1 is 1.39 bits per heavy atom. The SMILES string of the molecule is CCOCCN(CC)Cc1ccc(C#CCO)s1. The number of likely N-dealkylation sites (N-methyl/N-ethyl adjacent to an activating group) is 1. The molecular formula is C14H21NO2S. The molecule has 0 aliphatic rings. The van der Waals surface area contributed by atoms with Crippen LogP contribution < -0.4 is 0 Å². The van der Waals surface area contributed by atoms with Gasteiger partial charge in [-0.3, -0.25) is 4.90 Å². The third-order valence-corrected chi connectivity index (χ3v) is 3.52. The molecule has 0 unspecified atom stereocenters. The number of thiophene rings is 1. The smallest absolute Gasteiger partial charge is 0.104 e. The van der Waals surface area contributed by atoms with Gasteiger partial charge >= 0.3 is 0 Å². The van der Waals surface area contributed by atoms with Crippen LogP contribution in [0.25, 0.3) is 0 Å². The van der Waals surface area contributed by atoms with Crippen molar-refractivity contribution in [1.29, 1.82) is 0 Å². The number of aliphatic hydroxyl groups excluding tert-OH is 1. The van der Waals surface area contributed by atoms with Crippen LogP contribution in [0.4, 0.5) is 0 Å². The molecule has 0 saturated heterocycles. The monoisotopic (exact) mass is 267 g/mol. The van der Waals surface area contributed by atoms with E-state index >= 15 is 0 Å². The van der Waals surface area contributed by atoms with Crippen LogP contribution in [-0.4, -0.2) is 42.9 Å². The average Bonchev–Trinajstić information content (AvgIpc) is 2.83. The molecule has 0 saturated carbocycles. The van der Waals surface area contributed by atoms with Gasteiger partial charge in [0.05, 0.1) is 11.5 Å². The standard InChI is InChI=1S/C14H21NO2S/c1-3-15(9-11-17-4-2)12-14-8-7-13(18-14)6-5-10-16/h7-8,16H,3-4,9-12H2,1-2H3. The molecule has 0 bridgehead atoms. The summed E-state index contributed by atoms with van der Waals surface area (Å²) >= 11 is 1.69. The van der Waals surface area contributed by atoms with Gasteiger partial charge in [0.1, 0.15) is 6.61 Å². The zero-order valence-electron chi connectivity index (χ0n) is 11.1. The summed E-state index contributed by atoms with van der Waals surface area (Å²) in [5.41, 5.74) is 0. The van der Waals surface area contributed by atoms with Crippen LogP contribution in [0.5, 0.6) is 0 Å². The molecule has 0 amide bonds. The summed E-state index contributed by atoms with van der Waals surface area (Å²) in [7, 11) is 0. The number of nitrogens with zero attached hydrogens (tertiary/aromatic N) is 1. The Morgan fingerprint density at radius 3 is 2.89 bits per heavy atom. The molecule has 1 N–H and O–H groups in total. The summed E-state index contributed by atoms with van der Waals surface area (Å²) in [4.78, 5) is 4.67. The third-order valence-electron chi connectivity index (χ3n) is 2.53. The van der Waals surface area contributed by atoms with E-state index in [-0.39, 0.29) is 6.61 Å². The molecule has 0 aromatic carbocycles. The molecule has 1 aromatic rings. The van der Waals surface area contributed by atoms with Crippen LogP contribution in [-0.2, 0) is 11.3 Å². The highest BCUT2D eigenvalue weighted by atomic mass is 32.1. The van der Waals surface area contributed by atoms with Gasteiger partial charge in [0.2, 0.25) is 0 Å². The van der Waals surface area contributed by atoms with Gasteiger partial charge in [-0.25, -0.2) is 0 Å². The Kier molecular flexibility index (Phi) is 7.70. The lowest BCUT2D eigenvalue weighted by molar-refractivity contribution is 0.113. The van der Waals surface area contributed by atoms with Gasteiger partial charge in [0.15, 0.2) is 0 Å². The van der Waals surface area contributed by atoms with Gasteiger partial charge in [-0.1, -0.05) is 18.8 Å². The Labute approximate surface area is 113 Å². The minimum Gasteiger partial charge on any atom is -0.384 e. The van der Waals surface area contributed by atoms with Crippen LogP contribution >= 0.6 is 11.3 Å². The van der Waals surface area contributed by atoms with Gasteiger partial charge in [0.25, 0.3) is 0 Å². The Hall–Kier alpha value is -0.860. The van der Waals surface area contributed by atoms with E-state index in [1.54, 1.807) is 11.3 Å². The fourth-order valence-electron chi connectivity index (χ4n) is 1.56. The first-order valence-corrected chi connectivity index (χ1v) is 7.10. The van der Waals surface area contributed by atoms with E-state index in [4.69, 9.17) is 9.84 Å². The minimum absolute atomic E-state index is 0.0807. The number of rotatable bonds is 7. The van der Waals surface area contributed by atoms with Crippen LogP contribution in [0.3, 0.4) is 0 Å². The number of ether oxygens (including phenoxy) is 1. The number of hydrogen-bond acceptors (Lipinski definition) is 4. The van der Waals surface area contributed by atoms with E-state index in [0.29, 0.717) is 0 Å². The molecular weight excluding hydrogens is 246 g/mol. The summed E-state index contributed by atoms with van der Waals surface area (Å²) in [6, 6.07) is 4.12. The second-order valence-corrected chi connectivity index (χ2v) is 4.96. The van der Waals surface area contributed by atoms with Crippen molar-refractivity contribution in [3.05, 3.63) is 21.9 Å². The fraction of sp³-hybridized carbons (Fsp3) is 0.571. The van der Waals surface area contributed by atoms with E-state index in [2.05, 4.69) is 29.7 Å². The lowest BCUT2D eigenvalue weighted by Crippen LogP contribution is -2.26. The lowest BCUT2D eigenvalue weighted by atomic mass is 10.4. The highest BCUT2D eigenvalue weighted by Crippen LogP contribution is 2.17. The highest BCUT2D eigenvalue weighted by Gasteiger charge is 2.05. The maximum absolute atomic E-state index is 8.65. The maximum Gasteiger partial charge on any atom is 0.104 e. The van der Waals surface area contributed by atoms with Crippen molar-refractivity contribution >= 4 is 11.3 Å². The molecule has 1 aromatic heterocycles. The number of aliphatic hydroxyl groups is 1. The van der Waals surface area contributed by atoms with Crippen molar-refractivity contribution < 1.29 is 9.84 Å². The molecule has 0 spiro atoms. The lowest BCUT2D eigenvalue weighted by Gasteiger charge is -2.19. The Morgan fingerprint density at radius 2 is 2.22 bits per heavy atom. The van der Waals surface area contributed by atoms with Gasteiger partial charge in [-0.05, 0) is 25.6 Å². The molecule has 3 nitrogen and oxygen atoms in total. The van der Waals surface area contributed by atoms with Gasteiger partial charge in [-0.15, -0.1) is 11.3 Å². The van der Waals surface area contributed by atoms with Crippen molar-refractivity contribution in [1.82, 2.24) is 4.90 Å². The van der Waals surface area contributed by atoms with Crippen LogP contribution in [0.15, 0.2) is 12.1 Å². The summed E-state index contributed by atoms with van der Waals surface area (Å²) in [5.74, 6) is 5.60. The maximum atomic E-state index is 8.65. The van der Waals surface area contributed by atoms with Crippen molar-refractivity contribution in [3.63, 3.8) is 0 Å². The second kappa shape index (κ2) is 9.12. The molecule has 0 aliphatic carbocycles. The van der Waals surface area contributed by atoms with E-state index < -0.39 is 0 Å².